The fourth-order valence-electron chi connectivity index (χ4n) is 2.78. The van der Waals surface area contributed by atoms with Crippen LogP contribution in [0.15, 0.2) is 59.9 Å². The second-order valence-corrected chi connectivity index (χ2v) is 12.2. The number of imidazole rings is 3. The van der Waals surface area contributed by atoms with Gasteiger partial charge in [-0.25, -0.2) is 24.9 Å². The summed E-state index contributed by atoms with van der Waals surface area (Å²) < 4.78 is 0. The highest BCUT2D eigenvalue weighted by molar-refractivity contribution is 7.09. The first-order valence-corrected chi connectivity index (χ1v) is 20.6. The number of rotatable bonds is 5. The molecule has 0 saturated carbocycles. The van der Waals surface area contributed by atoms with E-state index in [4.69, 9.17) is 0 Å². The second-order valence-electron chi connectivity index (χ2n) is 10.5. The van der Waals surface area contributed by atoms with E-state index in [-0.39, 0.29) is 0 Å². The third-order valence-corrected chi connectivity index (χ3v) is 7.02. The van der Waals surface area contributed by atoms with Crippen molar-refractivity contribution < 1.29 is 0 Å². The fraction of sp³-hybridized carbons (Fsp3) is 0.625. The van der Waals surface area contributed by atoms with E-state index in [9.17, 15) is 0 Å². The van der Waals surface area contributed by atoms with Crippen molar-refractivity contribution in [2.45, 2.75) is 168 Å². The lowest BCUT2D eigenvalue weighted by atomic mass is 10.2. The van der Waals surface area contributed by atoms with Crippen LogP contribution in [0.3, 0.4) is 0 Å². The minimum absolute atomic E-state index is 0.519. The zero-order chi connectivity index (χ0) is 39.9. The Balaban J connectivity index is -0.000000158. The molecule has 0 spiro atoms. The molecule has 0 aromatic carbocycles. The Kier molecular flexibility index (Phi) is 47.3. The van der Waals surface area contributed by atoms with Gasteiger partial charge in [0.05, 0.1) is 28.9 Å². The Labute approximate surface area is 317 Å². The predicted molar refractivity (Wildman–Crippen MR) is 227 cm³/mol. The fourth-order valence-corrected chi connectivity index (χ4v) is 4.16. The first kappa shape index (κ1) is 56.3. The van der Waals surface area contributed by atoms with Crippen LogP contribution in [-0.4, -0.2) is 39.9 Å². The number of nitrogens with zero attached hydrogens (tertiary/aromatic N) is 5. The molecule has 0 aliphatic heterocycles. The molecule has 0 radical (unpaired) electrons. The van der Waals surface area contributed by atoms with Crippen molar-refractivity contribution in [3.05, 3.63) is 87.8 Å². The number of hydrogen-bond donors (Lipinski definition) is 3. The summed E-state index contributed by atoms with van der Waals surface area (Å²) in [5.74, 6) is 3.89. The molecule has 0 aliphatic carbocycles. The van der Waals surface area contributed by atoms with Crippen LogP contribution in [0, 0.1) is 0 Å². The van der Waals surface area contributed by atoms with Gasteiger partial charge >= 0.3 is 0 Å². The van der Waals surface area contributed by atoms with Crippen LogP contribution in [0.2, 0.25) is 0 Å². The minimum atomic E-state index is 0.519. The van der Waals surface area contributed by atoms with Gasteiger partial charge < -0.3 is 15.0 Å². The molecule has 290 valence electrons. The van der Waals surface area contributed by atoms with Crippen LogP contribution in [-0.2, 0) is 0 Å². The molecule has 50 heavy (non-hydrogen) atoms. The van der Waals surface area contributed by atoms with Crippen LogP contribution in [0.1, 0.15) is 196 Å². The standard InChI is InChI=1S/3C6H10N2.2C6H9NS.5C2H6/c2*1-5(2)6-3-7-4-8-6;1-5(2)6-7-3-4-8-6;1-5(2)6-3-8-4-7-6;1-5(2)6-7-3-4-8-6;5*1-2/h3*3-5H,1-2H3,(H,7,8);2*3-5H,1-2H3;5*1-2H3. The Bertz CT molecular complexity index is 941. The van der Waals surface area contributed by atoms with Gasteiger partial charge in [0, 0.05) is 65.0 Å². The van der Waals surface area contributed by atoms with Gasteiger partial charge in [-0.2, -0.15) is 0 Å². The maximum atomic E-state index is 4.13. The van der Waals surface area contributed by atoms with Gasteiger partial charge in [0.2, 0.25) is 0 Å². The summed E-state index contributed by atoms with van der Waals surface area (Å²) in [5.41, 5.74) is 5.47. The normalized spacial score (nSPS) is 8.90. The van der Waals surface area contributed by atoms with E-state index in [2.05, 4.69) is 114 Å². The highest BCUT2D eigenvalue weighted by atomic mass is 32.1. The van der Waals surface area contributed by atoms with Crippen molar-refractivity contribution in [2.75, 3.05) is 0 Å². The molecule has 0 saturated heterocycles. The molecule has 5 heterocycles. The summed E-state index contributed by atoms with van der Waals surface area (Å²) in [6, 6.07) is 0. The van der Waals surface area contributed by atoms with Crippen molar-refractivity contribution in [1.29, 1.82) is 0 Å². The Morgan fingerprint density at radius 3 is 1.16 bits per heavy atom. The van der Waals surface area contributed by atoms with Crippen LogP contribution >= 0.6 is 22.7 Å². The summed E-state index contributed by atoms with van der Waals surface area (Å²) in [5, 5.41) is 5.32. The summed E-state index contributed by atoms with van der Waals surface area (Å²) in [4.78, 5) is 29.2. The second kappa shape index (κ2) is 42.1. The van der Waals surface area contributed by atoms with Gasteiger partial charge in [-0.3, -0.25) is 0 Å². The van der Waals surface area contributed by atoms with Crippen LogP contribution in [0.25, 0.3) is 0 Å². The average Bonchev–Trinajstić information content (AvgIpc) is 4.00. The van der Waals surface area contributed by atoms with Crippen molar-refractivity contribution in [3.8, 4) is 0 Å². The quantitative estimate of drug-likeness (QED) is 0.166. The highest BCUT2D eigenvalue weighted by Gasteiger charge is 1.99. The molecule has 0 amide bonds. The lowest BCUT2D eigenvalue weighted by molar-refractivity contribution is 0.794. The van der Waals surface area contributed by atoms with Crippen molar-refractivity contribution in [3.63, 3.8) is 0 Å². The van der Waals surface area contributed by atoms with Crippen molar-refractivity contribution in [1.82, 2.24) is 39.9 Å². The highest BCUT2D eigenvalue weighted by Crippen LogP contribution is 2.15. The van der Waals surface area contributed by atoms with E-state index in [0.717, 1.165) is 5.82 Å². The molecule has 0 atom stereocenters. The summed E-state index contributed by atoms with van der Waals surface area (Å²) in [6.07, 6.45) is 12.6. The Morgan fingerprint density at radius 1 is 0.520 bits per heavy atom. The molecule has 0 bridgehead atoms. The van der Waals surface area contributed by atoms with E-state index in [1.54, 1.807) is 41.5 Å². The Hall–Kier alpha value is -3.11. The van der Waals surface area contributed by atoms with Gasteiger partial charge in [0.25, 0.3) is 0 Å². The molecule has 0 fully saturated rings. The number of nitrogens with one attached hydrogen (secondary N) is 3. The Morgan fingerprint density at radius 2 is 1.00 bits per heavy atom. The zero-order valence-corrected chi connectivity index (χ0v) is 37.3. The predicted octanol–water partition coefficient (Wildman–Crippen LogP) is 14.3. The maximum absolute atomic E-state index is 4.13. The smallest absolute Gasteiger partial charge is 0.108 e. The molecule has 5 aromatic heterocycles. The summed E-state index contributed by atoms with van der Waals surface area (Å²) in [6.45, 7) is 41.3. The van der Waals surface area contributed by atoms with Crippen molar-refractivity contribution in [2.24, 2.45) is 0 Å². The molecule has 0 unspecified atom stereocenters. The number of aromatic nitrogens is 8. The lowest BCUT2D eigenvalue weighted by Gasteiger charge is -1.95. The molecular formula is C40H78N8S2. The number of thiazole rings is 2. The third kappa shape index (κ3) is 32.1. The third-order valence-electron chi connectivity index (χ3n) is 5.34. The topological polar surface area (TPSA) is 112 Å². The van der Waals surface area contributed by atoms with E-state index >= 15 is 0 Å². The lowest BCUT2D eigenvalue weighted by Crippen LogP contribution is -1.87. The molecule has 0 aliphatic rings. The number of aromatic amines is 3. The van der Waals surface area contributed by atoms with Gasteiger partial charge in [-0.15, -0.1) is 22.7 Å². The van der Waals surface area contributed by atoms with E-state index in [1.165, 1.54) is 22.1 Å². The van der Waals surface area contributed by atoms with Gasteiger partial charge in [0.1, 0.15) is 5.82 Å². The average molecular weight is 735 g/mol. The first-order valence-electron chi connectivity index (χ1n) is 18.8. The molecule has 8 nitrogen and oxygen atoms in total. The molecule has 5 rings (SSSR count). The minimum Gasteiger partial charge on any atom is -0.348 e. The van der Waals surface area contributed by atoms with Gasteiger partial charge in [-0.05, 0) is 17.8 Å². The number of hydrogen-bond acceptors (Lipinski definition) is 7. The number of H-pyrrole nitrogens is 3. The molecule has 5 aromatic rings. The van der Waals surface area contributed by atoms with E-state index < -0.39 is 0 Å². The van der Waals surface area contributed by atoms with Crippen molar-refractivity contribution >= 4 is 22.7 Å². The SMILES string of the molecule is CC.CC.CC.CC.CC.CC(C)c1cnc[nH]1.CC(C)c1cnc[nH]1.CC(C)c1cscn1.CC(C)c1ncc[nH]1.CC(C)c1nccs1. The zero-order valence-electron chi connectivity index (χ0n) is 35.7. The molecular weight excluding hydrogens is 657 g/mol. The largest absolute Gasteiger partial charge is 0.348 e. The molecule has 3 N–H and O–H groups in total. The van der Waals surface area contributed by atoms with Gasteiger partial charge in [-0.1, -0.05) is 138 Å². The monoisotopic (exact) mass is 735 g/mol. The summed E-state index contributed by atoms with van der Waals surface area (Å²) >= 11 is 3.38. The molecule has 10 heteroatoms. The maximum Gasteiger partial charge on any atom is 0.108 e. The summed E-state index contributed by atoms with van der Waals surface area (Å²) in [7, 11) is 0. The van der Waals surface area contributed by atoms with E-state index in [0.29, 0.717) is 29.6 Å². The van der Waals surface area contributed by atoms with Crippen LogP contribution in [0.4, 0.5) is 0 Å². The first-order chi connectivity index (χ1) is 24.0. The van der Waals surface area contributed by atoms with Crippen LogP contribution in [0.5, 0.6) is 0 Å². The van der Waals surface area contributed by atoms with E-state index in [1.807, 2.05) is 105 Å². The van der Waals surface area contributed by atoms with Gasteiger partial charge in [0.15, 0.2) is 0 Å². The van der Waals surface area contributed by atoms with Crippen LogP contribution < -0.4 is 0 Å².